The van der Waals surface area contributed by atoms with E-state index in [-0.39, 0.29) is 6.04 Å². The van der Waals surface area contributed by atoms with Crippen LogP contribution in [0, 0.1) is 5.92 Å². The standard InChI is InChI=1S/C7H14N2O2S/c1-8-9-3-6-2-7(9)5-12(10,11)4-6/h6-8H,2-5H2,1H3. The minimum Gasteiger partial charge on any atom is -0.258 e. The highest BCUT2D eigenvalue weighted by Crippen LogP contribution is 2.29. The summed E-state index contributed by atoms with van der Waals surface area (Å²) in [5.74, 6) is 1.09. The third-order valence-corrected chi connectivity index (χ3v) is 4.60. The van der Waals surface area contributed by atoms with Gasteiger partial charge in [-0.25, -0.2) is 13.4 Å². The number of nitrogens with zero attached hydrogens (tertiary/aromatic N) is 1. The minimum absolute atomic E-state index is 0.221. The van der Waals surface area contributed by atoms with Crippen LogP contribution in [0.3, 0.4) is 0 Å². The maximum Gasteiger partial charge on any atom is 0.152 e. The molecule has 2 unspecified atom stereocenters. The third kappa shape index (κ3) is 1.36. The summed E-state index contributed by atoms with van der Waals surface area (Å²) in [7, 11) is -0.889. The van der Waals surface area contributed by atoms with E-state index < -0.39 is 9.84 Å². The first-order valence-electron chi connectivity index (χ1n) is 4.25. The third-order valence-electron chi connectivity index (χ3n) is 2.72. The van der Waals surface area contributed by atoms with Gasteiger partial charge >= 0.3 is 0 Å². The molecule has 2 rings (SSSR count). The van der Waals surface area contributed by atoms with Gasteiger partial charge in [0.25, 0.3) is 0 Å². The first-order chi connectivity index (χ1) is 5.61. The lowest BCUT2D eigenvalue weighted by molar-refractivity contribution is 0.202. The maximum atomic E-state index is 11.3. The van der Waals surface area contributed by atoms with Gasteiger partial charge in [-0.2, -0.15) is 0 Å². The fraction of sp³-hybridized carbons (Fsp3) is 1.00. The Labute approximate surface area is 72.8 Å². The number of nitrogens with one attached hydrogen (secondary N) is 1. The van der Waals surface area contributed by atoms with E-state index in [0.29, 0.717) is 17.4 Å². The van der Waals surface area contributed by atoms with Crippen molar-refractivity contribution in [3.8, 4) is 0 Å². The molecule has 0 amide bonds. The summed E-state index contributed by atoms with van der Waals surface area (Å²) >= 11 is 0. The molecule has 2 fully saturated rings. The average Bonchev–Trinajstić information content (AvgIpc) is 2.24. The number of sulfone groups is 1. The second kappa shape index (κ2) is 2.68. The van der Waals surface area contributed by atoms with Gasteiger partial charge in [0.2, 0.25) is 0 Å². The van der Waals surface area contributed by atoms with Gasteiger partial charge in [-0.1, -0.05) is 0 Å². The average molecular weight is 190 g/mol. The number of rotatable bonds is 1. The molecule has 12 heavy (non-hydrogen) atoms. The largest absolute Gasteiger partial charge is 0.258 e. The molecule has 0 spiro atoms. The molecule has 0 radical (unpaired) electrons. The summed E-state index contributed by atoms with van der Waals surface area (Å²) in [6.07, 6.45) is 1.04. The van der Waals surface area contributed by atoms with E-state index >= 15 is 0 Å². The Balaban J connectivity index is 2.18. The number of fused-ring (bicyclic) bond motifs is 2. The first kappa shape index (κ1) is 8.47. The molecular formula is C7H14N2O2S. The van der Waals surface area contributed by atoms with Crippen molar-refractivity contribution in [2.75, 3.05) is 25.1 Å². The van der Waals surface area contributed by atoms with E-state index in [1.807, 2.05) is 7.05 Å². The second-order valence-corrected chi connectivity index (χ2v) is 5.86. The van der Waals surface area contributed by atoms with E-state index in [1.165, 1.54) is 0 Å². The Bertz CT molecular complexity index is 275. The van der Waals surface area contributed by atoms with E-state index in [2.05, 4.69) is 10.4 Å². The highest BCUT2D eigenvalue weighted by atomic mass is 32.2. The Morgan fingerprint density at radius 2 is 2.17 bits per heavy atom. The molecule has 2 aliphatic heterocycles. The van der Waals surface area contributed by atoms with Crippen LogP contribution in [0.2, 0.25) is 0 Å². The van der Waals surface area contributed by atoms with Crippen LogP contribution < -0.4 is 5.43 Å². The molecule has 1 N–H and O–H groups in total. The fourth-order valence-corrected chi connectivity index (χ4v) is 4.28. The Morgan fingerprint density at radius 1 is 1.42 bits per heavy atom. The van der Waals surface area contributed by atoms with Gasteiger partial charge in [-0.05, 0) is 19.4 Å². The quantitative estimate of drug-likeness (QED) is 0.590. The Hall–Kier alpha value is -0.130. The van der Waals surface area contributed by atoms with E-state index in [9.17, 15) is 8.42 Å². The zero-order valence-electron chi connectivity index (χ0n) is 7.16. The lowest BCUT2D eigenvalue weighted by Crippen LogP contribution is -2.42. The van der Waals surface area contributed by atoms with Gasteiger partial charge in [0.05, 0.1) is 11.5 Å². The van der Waals surface area contributed by atoms with Gasteiger partial charge in [0.15, 0.2) is 9.84 Å². The summed E-state index contributed by atoms with van der Waals surface area (Å²) in [6.45, 7) is 0.889. The summed E-state index contributed by atoms with van der Waals surface area (Å²) in [6, 6.07) is 0.221. The van der Waals surface area contributed by atoms with Crippen molar-refractivity contribution in [1.82, 2.24) is 10.4 Å². The van der Waals surface area contributed by atoms with E-state index in [4.69, 9.17) is 0 Å². The van der Waals surface area contributed by atoms with Crippen molar-refractivity contribution < 1.29 is 8.42 Å². The van der Waals surface area contributed by atoms with Crippen LogP contribution in [0.5, 0.6) is 0 Å². The molecule has 4 nitrogen and oxygen atoms in total. The lowest BCUT2D eigenvalue weighted by Gasteiger charge is -2.22. The van der Waals surface area contributed by atoms with Gasteiger partial charge in [0.1, 0.15) is 0 Å². The highest BCUT2D eigenvalue weighted by molar-refractivity contribution is 7.91. The van der Waals surface area contributed by atoms with Crippen molar-refractivity contribution in [3.05, 3.63) is 0 Å². The summed E-state index contributed by atoms with van der Waals surface area (Å²) < 4.78 is 22.6. The molecule has 2 atom stereocenters. The predicted octanol–water partition coefficient (Wildman–Crippen LogP) is -0.760. The summed E-state index contributed by atoms with van der Waals surface area (Å²) in [5, 5.41) is 2.05. The van der Waals surface area contributed by atoms with Gasteiger partial charge < -0.3 is 0 Å². The molecule has 0 aliphatic carbocycles. The summed E-state index contributed by atoms with van der Waals surface area (Å²) in [4.78, 5) is 0. The Morgan fingerprint density at radius 3 is 2.83 bits per heavy atom. The van der Waals surface area contributed by atoms with Gasteiger partial charge in [-0.3, -0.25) is 5.43 Å². The number of hydrogen-bond donors (Lipinski definition) is 1. The summed E-state index contributed by atoms with van der Waals surface area (Å²) in [5.41, 5.74) is 3.04. The second-order valence-electron chi connectivity index (χ2n) is 3.71. The van der Waals surface area contributed by atoms with E-state index in [1.54, 1.807) is 0 Å². The lowest BCUT2D eigenvalue weighted by atomic mass is 10.1. The number of hydrazine groups is 1. The molecule has 2 heterocycles. The highest BCUT2D eigenvalue weighted by Gasteiger charge is 2.41. The normalized spacial score (nSPS) is 40.1. The van der Waals surface area contributed by atoms with Crippen LogP contribution in [0.25, 0.3) is 0 Å². The molecule has 2 aliphatic rings. The predicted molar refractivity (Wildman–Crippen MR) is 46.3 cm³/mol. The van der Waals surface area contributed by atoms with Crippen LogP contribution in [-0.2, 0) is 9.84 Å². The van der Waals surface area contributed by atoms with Crippen molar-refractivity contribution in [1.29, 1.82) is 0 Å². The molecule has 2 saturated heterocycles. The topological polar surface area (TPSA) is 49.4 Å². The smallest absolute Gasteiger partial charge is 0.152 e. The molecule has 0 aromatic heterocycles. The molecule has 70 valence electrons. The first-order valence-corrected chi connectivity index (χ1v) is 6.07. The monoisotopic (exact) mass is 190 g/mol. The number of hydrogen-bond acceptors (Lipinski definition) is 4. The fourth-order valence-electron chi connectivity index (χ4n) is 2.29. The van der Waals surface area contributed by atoms with Crippen molar-refractivity contribution in [3.63, 3.8) is 0 Å². The van der Waals surface area contributed by atoms with E-state index in [0.717, 1.165) is 13.0 Å². The minimum atomic E-state index is -2.74. The van der Waals surface area contributed by atoms with Crippen LogP contribution in [-0.4, -0.2) is 44.6 Å². The zero-order valence-corrected chi connectivity index (χ0v) is 7.97. The van der Waals surface area contributed by atoms with Crippen LogP contribution >= 0.6 is 0 Å². The van der Waals surface area contributed by atoms with Crippen LogP contribution in [0.15, 0.2) is 0 Å². The van der Waals surface area contributed by atoms with Gasteiger partial charge in [0, 0.05) is 12.6 Å². The SMILES string of the molecule is CNN1CC2CC1CS(=O)(=O)C2. The molecule has 0 saturated carbocycles. The zero-order chi connectivity index (χ0) is 8.77. The van der Waals surface area contributed by atoms with Crippen LogP contribution in [0.1, 0.15) is 6.42 Å². The molecule has 0 aromatic rings. The Kier molecular flexibility index (Phi) is 1.89. The molecular weight excluding hydrogens is 176 g/mol. The maximum absolute atomic E-state index is 11.3. The molecule has 2 bridgehead atoms. The van der Waals surface area contributed by atoms with Gasteiger partial charge in [-0.15, -0.1) is 0 Å². The van der Waals surface area contributed by atoms with Crippen molar-refractivity contribution in [2.24, 2.45) is 5.92 Å². The van der Waals surface area contributed by atoms with Crippen molar-refractivity contribution in [2.45, 2.75) is 12.5 Å². The van der Waals surface area contributed by atoms with Crippen molar-refractivity contribution >= 4 is 9.84 Å². The van der Waals surface area contributed by atoms with Crippen LogP contribution in [0.4, 0.5) is 0 Å². The molecule has 5 heteroatoms. The molecule has 0 aromatic carbocycles.